The number of nitrogens with two attached hydrogens (primary N) is 1. The highest BCUT2D eigenvalue weighted by molar-refractivity contribution is 5.90. The molecule has 0 radical (unpaired) electrons. The zero-order valence-electron chi connectivity index (χ0n) is 18.2. The second kappa shape index (κ2) is 8.23. The fourth-order valence-electron chi connectivity index (χ4n) is 5.23. The van der Waals surface area contributed by atoms with Crippen molar-refractivity contribution < 1.29 is 28.0 Å². The Morgan fingerprint density at radius 2 is 1.94 bits per heavy atom. The molecule has 2 fully saturated rings. The molecule has 1 saturated heterocycles. The van der Waals surface area contributed by atoms with Crippen molar-refractivity contribution in [3.8, 4) is 0 Å². The van der Waals surface area contributed by atoms with Crippen LogP contribution < -0.4 is 10.6 Å². The molecule has 5 rings (SSSR count). The van der Waals surface area contributed by atoms with E-state index in [0.29, 0.717) is 18.6 Å². The maximum atomic E-state index is 15.8. The van der Waals surface area contributed by atoms with Crippen molar-refractivity contribution in [2.24, 2.45) is 17.6 Å². The number of alkyl halides is 1. The fourth-order valence-corrected chi connectivity index (χ4v) is 5.23. The third-order valence-electron chi connectivity index (χ3n) is 6.70. The van der Waals surface area contributed by atoms with Gasteiger partial charge in [-0.3, -0.25) is 9.69 Å². The minimum Gasteiger partial charge on any atom is -0.465 e. The van der Waals surface area contributed by atoms with Gasteiger partial charge in [0.2, 0.25) is 0 Å². The summed E-state index contributed by atoms with van der Waals surface area (Å²) in [6.45, 7) is 0.701. The van der Waals surface area contributed by atoms with Crippen LogP contribution in [0.4, 0.5) is 19.4 Å². The van der Waals surface area contributed by atoms with Crippen LogP contribution in [0.15, 0.2) is 40.9 Å². The number of pyridine rings is 1. The molecule has 11 heteroatoms. The fraction of sp³-hybridized carbons (Fsp3) is 0.391. The number of halogens is 2. The quantitative estimate of drug-likeness (QED) is 0.565. The van der Waals surface area contributed by atoms with Gasteiger partial charge >= 0.3 is 6.09 Å². The number of hydrogen-bond donors (Lipinski definition) is 2. The van der Waals surface area contributed by atoms with E-state index >= 15 is 4.39 Å². The van der Waals surface area contributed by atoms with Crippen LogP contribution in [-0.2, 0) is 6.54 Å². The van der Waals surface area contributed by atoms with Crippen molar-refractivity contribution in [2.75, 3.05) is 24.5 Å². The molecule has 178 valence electrons. The first-order chi connectivity index (χ1) is 16.2. The Labute approximate surface area is 193 Å². The van der Waals surface area contributed by atoms with Crippen molar-refractivity contribution >= 4 is 28.7 Å². The van der Waals surface area contributed by atoms with E-state index in [1.165, 1.54) is 18.2 Å². The van der Waals surface area contributed by atoms with E-state index in [0.717, 1.165) is 16.1 Å². The lowest BCUT2D eigenvalue weighted by Gasteiger charge is -2.29. The monoisotopic (exact) mass is 471 g/mol. The van der Waals surface area contributed by atoms with E-state index < -0.39 is 17.7 Å². The van der Waals surface area contributed by atoms with Gasteiger partial charge in [0.15, 0.2) is 11.5 Å². The zero-order chi connectivity index (χ0) is 24.0. The number of hydrogen-bond acceptors (Lipinski definition) is 6. The number of nitrogens with zero attached hydrogens (tertiary/aromatic N) is 4. The van der Waals surface area contributed by atoms with Gasteiger partial charge in [-0.25, -0.2) is 18.6 Å². The number of rotatable bonds is 6. The summed E-state index contributed by atoms with van der Waals surface area (Å²) in [6.07, 6.45) is -0.816. The summed E-state index contributed by atoms with van der Waals surface area (Å²) in [7, 11) is 0. The van der Waals surface area contributed by atoms with E-state index in [4.69, 9.17) is 10.3 Å². The number of carbonyl (C=O) groups is 2. The molecular formula is C23H23F2N5O4. The summed E-state index contributed by atoms with van der Waals surface area (Å²) in [5.74, 6) is -0.0903. The van der Waals surface area contributed by atoms with Gasteiger partial charge in [-0.2, -0.15) is 0 Å². The molecule has 34 heavy (non-hydrogen) atoms. The molecule has 2 aliphatic rings. The third kappa shape index (κ3) is 4.25. The van der Waals surface area contributed by atoms with Crippen molar-refractivity contribution in [1.29, 1.82) is 0 Å². The normalized spacial score (nSPS) is 23.9. The molecule has 3 N–H and O–H groups in total. The molecule has 1 aliphatic heterocycles. The van der Waals surface area contributed by atoms with Gasteiger partial charge < -0.3 is 20.3 Å². The maximum absolute atomic E-state index is 15.8. The van der Waals surface area contributed by atoms with Crippen LogP contribution in [0.1, 0.15) is 29.1 Å². The second-order valence-corrected chi connectivity index (χ2v) is 9.17. The summed E-state index contributed by atoms with van der Waals surface area (Å²) in [6, 6.07) is 9.37. The number of benzene rings is 1. The van der Waals surface area contributed by atoms with Crippen LogP contribution >= 0.6 is 0 Å². The molecule has 2 aromatic heterocycles. The first kappa shape index (κ1) is 22.1. The van der Waals surface area contributed by atoms with Crippen LogP contribution in [0.2, 0.25) is 0 Å². The van der Waals surface area contributed by atoms with Crippen molar-refractivity contribution in [1.82, 2.24) is 15.0 Å². The molecule has 2 amide bonds. The van der Waals surface area contributed by atoms with Gasteiger partial charge in [0.25, 0.3) is 5.91 Å². The molecule has 3 heterocycles. The van der Waals surface area contributed by atoms with E-state index in [2.05, 4.69) is 15.0 Å². The average molecular weight is 471 g/mol. The lowest BCUT2D eigenvalue weighted by atomic mass is 10.0. The summed E-state index contributed by atoms with van der Waals surface area (Å²) in [4.78, 5) is 30.6. The maximum Gasteiger partial charge on any atom is 0.407 e. The third-order valence-corrected chi connectivity index (χ3v) is 6.70. The molecule has 0 bridgehead atoms. The number of aromatic nitrogens is 2. The highest BCUT2D eigenvalue weighted by Crippen LogP contribution is 2.47. The highest BCUT2D eigenvalue weighted by Gasteiger charge is 2.51. The molecule has 1 aliphatic carbocycles. The number of carbonyl (C=O) groups excluding carboxylic acids is 1. The summed E-state index contributed by atoms with van der Waals surface area (Å²) in [5, 5.41) is 13.8. The van der Waals surface area contributed by atoms with Crippen molar-refractivity contribution in [3.05, 3.63) is 53.7 Å². The van der Waals surface area contributed by atoms with Crippen LogP contribution in [0.25, 0.3) is 10.9 Å². The molecule has 0 unspecified atom stereocenters. The molecule has 9 nitrogen and oxygen atoms in total. The standard InChI is InChI=1S/C23H23F2N5O4/c24-16-2-3-18-13(5-16)1-4-20(27-18)29-9-14-7-23(25,8-15(14)10-29)12-30(22(32)33)11-17-6-19(21(26)31)28-34-17/h1-6,14-15H,7-12H2,(H2,26,31)(H,32,33)/t14-,15+,23+. The topological polar surface area (TPSA) is 126 Å². The molecule has 0 spiro atoms. The van der Waals surface area contributed by atoms with Gasteiger partial charge in [0.1, 0.15) is 17.3 Å². The Bertz CT molecular complexity index is 1250. The van der Waals surface area contributed by atoms with E-state index in [1.807, 2.05) is 12.1 Å². The highest BCUT2D eigenvalue weighted by atomic mass is 19.1. The van der Waals surface area contributed by atoms with Crippen LogP contribution in [0.3, 0.4) is 0 Å². The smallest absolute Gasteiger partial charge is 0.407 e. The largest absolute Gasteiger partial charge is 0.465 e. The zero-order valence-corrected chi connectivity index (χ0v) is 18.2. The van der Waals surface area contributed by atoms with Crippen LogP contribution in [0.5, 0.6) is 0 Å². The first-order valence-corrected chi connectivity index (χ1v) is 10.9. The van der Waals surface area contributed by atoms with Gasteiger partial charge in [0, 0.05) is 24.5 Å². The Kier molecular flexibility index (Phi) is 5.34. The minimum absolute atomic E-state index is 0.0677. The molecule has 1 aromatic carbocycles. The Morgan fingerprint density at radius 1 is 1.21 bits per heavy atom. The summed E-state index contributed by atoms with van der Waals surface area (Å²) >= 11 is 0. The predicted molar refractivity (Wildman–Crippen MR) is 117 cm³/mol. The molecule has 3 aromatic rings. The summed E-state index contributed by atoms with van der Waals surface area (Å²) in [5.41, 5.74) is 4.05. The molecule has 1 saturated carbocycles. The lowest BCUT2D eigenvalue weighted by molar-refractivity contribution is 0.0736. The lowest BCUT2D eigenvalue weighted by Crippen LogP contribution is -2.41. The van der Waals surface area contributed by atoms with E-state index in [1.54, 1.807) is 6.07 Å². The van der Waals surface area contributed by atoms with Crippen molar-refractivity contribution in [2.45, 2.75) is 25.1 Å². The Balaban J connectivity index is 1.24. The van der Waals surface area contributed by atoms with E-state index in [9.17, 15) is 19.1 Å². The SMILES string of the molecule is NC(=O)c1cc(CN(C[C@@]2(F)C[C@H]3CN(c4ccc5cc(F)ccc5n4)C[C@H]3C2)C(=O)O)on1. The summed E-state index contributed by atoms with van der Waals surface area (Å²) < 4.78 is 34.1. The molecule has 3 atom stereocenters. The molecular weight excluding hydrogens is 448 g/mol. The Morgan fingerprint density at radius 3 is 2.59 bits per heavy atom. The van der Waals surface area contributed by atoms with Gasteiger partial charge in [-0.05, 0) is 55.0 Å². The first-order valence-electron chi connectivity index (χ1n) is 10.9. The Hall–Kier alpha value is -3.76. The van der Waals surface area contributed by atoms with Crippen LogP contribution in [-0.4, -0.2) is 57.5 Å². The van der Waals surface area contributed by atoms with Crippen LogP contribution in [0, 0.1) is 17.7 Å². The number of carboxylic acid groups (broad SMARTS) is 1. The van der Waals surface area contributed by atoms with E-state index in [-0.39, 0.29) is 55.0 Å². The number of primary amides is 1. The predicted octanol–water partition coefficient (Wildman–Crippen LogP) is 3.20. The van der Waals surface area contributed by atoms with Gasteiger partial charge in [-0.15, -0.1) is 0 Å². The number of fused-ring (bicyclic) bond motifs is 2. The number of anilines is 1. The minimum atomic E-state index is -1.67. The number of amides is 2. The average Bonchev–Trinajstić information content (AvgIpc) is 3.46. The van der Waals surface area contributed by atoms with Gasteiger partial charge in [0.05, 0.1) is 18.6 Å². The van der Waals surface area contributed by atoms with Crippen molar-refractivity contribution in [3.63, 3.8) is 0 Å². The van der Waals surface area contributed by atoms with Gasteiger partial charge in [-0.1, -0.05) is 5.16 Å². The second-order valence-electron chi connectivity index (χ2n) is 9.17.